The topological polar surface area (TPSA) is 107 Å². The second kappa shape index (κ2) is 5.92. The van der Waals surface area contributed by atoms with Gasteiger partial charge in [-0.05, 0) is 24.3 Å². The van der Waals surface area contributed by atoms with Crippen LogP contribution in [0.1, 0.15) is 26.1 Å². The lowest BCUT2D eigenvalue weighted by atomic mass is 10.3. The van der Waals surface area contributed by atoms with Crippen LogP contribution in [-0.2, 0) is 27.3 Å². The lowest BCUT2D eigenvalue weighted by Crippen LogP contribution is -2.20. The molecule has 0 amide bonds. The summed E-state index contributed by atoms with van der Waals surface area (Å²) in [6, 6.07) is 0. The number of aromatic nitrogens is 4. The van der Waals surface area contributed by atoms with Crippen molar-refractivity contribution in [3.05, 3.63) is 5.82 Å². The minimum absolute atomic E-state index is 0.0837. The van der Waals surface area contributed by atoms with Crippen molar-refractivity contribution in [2.75, 3.05) is 0 Å². The monoisotopic (exact) mass is 242 g/mol. The largest absolute Gasteiger partial charge is 0.481 e. The normalized spacial score (nSPS) is 10.5. The van der Waals surface area contributed by atoms with Crippen LogP contribution in [0.4, 0.5) is 0 Å². The number of carbonyl (C=O) groups is 2. The molecule has 0 saturated carbocycles. The van der Waals surface area contributed by atoms with Crippen LogP contribution >= 0.6 is 0 Å². The summed E-state index contributed by atoms with van der Waals surface area (Å²) >= 11 is 0. The molecule has 94 valence electrons. The Bertz CT molecular complexity index is 401. The van der Waals surface area contributed by atoms with Gasteiger partial charge < -0.3 is 9.84 Å². The molecule has 0 aromatic carbocycles. The molecular formula is C9H14N4O4. The number of carboxylic acids is 1. The Labute approximate surface area is 97.6 Å². The zero-order valence-corrected chi connectivity index (χ0v) is 9.66. The van der Waals surface area contributed by atoms with Crippen molar-refractivity contribution in [2.45, 2.75) is 39.3 Å². The summed E-state index contributed by atoms with van der Waals surface area (Å²) in [5, 5.41) is 19.2. The molecular weight excluding hydrogens is 228 g/mol. The maximum atomic E-state index is 11.4. The molecule has 8 nitrogen and oxygen atoms in total. The van der Waals surface area contributed by atoms with E-state index in [9.17, 15) is 9.59 Å². The van der Waals surface area contributed by atoms with Crippen LogP contribution in [0, 0.1) is 0 Å². The third-order valence-electron chi connectivity index (χ3n) is 1.81. The standard InChI is InChI=1S/C9H14N4O4/c1-6(2)17-9(16)5-13-7(10-11-12-13)3-4-8(14)15/h6H,3-5H2,1-2H3,(H,14,15). The number of rotatable bonds is 6. The van der Waals surface area contributed by atoms with E-state index in [0.29, 0.717) is 5.82 Å². The highest BCUT2D eigenvalue weighted by molar-refractivity contribution is 5.69. The molecule has 0 spiro atoms. The van der Waals surface area contributed by atoms with Crippen molar-refractivity contribution in [1.82, 2.24) is 20.2 Å². The first-order chi connectivity index (χ1) is 7.99. The van der Waals surface area contributed by atoms with E-state index in [0.717, 1.165) is 0 Å². The fourth-order valence-electron chi connectivity index (χ4n) is 1.17. The van der Waals surface area contributed by atoms with Crippen LogP contribution < -0.4 is 0 Å². The van der Waals surface area contributed by atoms with Crippen LogP contribution in [0.15, 0.2) is 0 Å². The molecule has 0 saturated heterocycles. The number of esters is 1. The highest BCUT2D eigenvalue weighted by Gasteiger charge is 2.13. The lowest BCUT2D eigenvalue weighted by Gasteiger charge is -2.08. The highest BCUT2D eigenvalue weighted by Crippen LogP contribution is 1.99. The SMILES string of the molecule is CC(C)OC(=O)Cn1nnnc1CCC(=O)O. The van der Waals surface area contributed by atoms with Gasteiger partial charge in [0.2, 0.25) is 0 Å². The number of ether oxygens (including phenoxy) is 1. The van der Waals surface area contributed by atoms with Crippen molar-refractivity contribution in [3.8, 4) is 0 Å². The molecule has 0 aliphatic carbocycles. The number of tetrazole rings is 1. The van der Waals surface area contributed by atoms with Crippen LogP contribution in [0.25, 0.3) is 0 Å². The van der Waals surface area contributed by atoms with E-state index < -0.39 is 11.9 Å². The fourth-order valence-corrected chi connectivity index (χ4v) is 1.17. The molecule has 0 aliphatic rings. The molecule has 17 heavy (non-hydrogen) atoms. The van der Waals surface area contributed by atoms with Gasteiger partial charge >= 0.3 is 11.9 Å². The number of hydrogen-bond acceptors (Lipinski definition) is 6. The quantitative estimate of drug-likeness (QED) is 0.679. The van der Waals surface area contributed by atoms with Crippen molar-refractivity contribution in [2.24, 2.45) is 0 Å². The van der Waals surface area contributed by atoms with Gasteiger partial charge in [-0.3, -0.25) is 9.59 Å². The average molecular weight is 242 g/mol. The first kappa shape index (κ1) is 13.1. The number of hydrogen-bond donors (Lipinski definition) is 1. The van der Waals surface area contributed by atoms with Gasteiger partial charge in [0, 0.05) is 6.42 Å². The second-order valence-corrected chi connectivity index (χ2v) is 3.69. The predicted molar refractivity (Wildman–Crippen MR) is 55.0 cm³/mol. The minimum atomic E-state index is -0.940. The second-order valence-electron chi connectivity index (χ2n) is 3.69. The summed E-state index contributed by atoms with van der Waals surface area (Å²) < 4.78 is 6.18. The number of aliphatic carboxylic acids is 1. The van der Waals surface area contributed by atoms with Gasteiger partial charge in [0.15, 0.2) is 5.82 Å². The van der Waals surface area contributed by atoms with Gasteiger partial charge in [0.1, 0.15) is 6.54 Å². The summed E-state index contributed by atoms with van der Waals surface area (Å²) in [6.45, 7) is 3.37. The first-order valence-corrected chi connectivity index (χ1v) is 5.15. The summed E-state index contributed by atoms with van der Waals surface area (Å²) in [6.07, 6.45) is -0.113. The molecule has 0 aliphatic heterocycles. The Kier molecular flexibility index (Phi) is 4.56. The Morgan fingerprint density at radius 2 is 2.18 bits per heavy atom. The van der Waals surface area contributed by atoms with Crippen LogP contribution in [0.5, 0.6) is 0 Å². The van der Waals surface area contributed by atoms with E-state index in [1.54, 1.807) is 13.8 Å². The van der Waals surface area contributed by atoms with Crippen LogP contribution in [0.3, 0.4) is 0 Å². The molecule has 1 N–H and O–H groups in total. The molecule has 1 aromatic heterocycles. The lowest BCUT2D eigenvalue weighted by molar-refractivity contribution is -0.148. The zero-order chi connectivity index (χ0) is 12.8. The van der Waals surface area contributed by atoms with Crippen molar-refractivity contribution in [1.29, 1.82) is 0 Å². The van der Waals surface area contributed by atoms with Crippen LogP contribution in [-0.4, -0.2) is 43.4 Å². The highest BCUT2D eigenvalue weighted by atomic mass is 16.5. The Morgan fingerprint density at radius 3 is 2.76 bits per heavy atom. The number of carbonyl (C=O) groups excluding carboxylic acids is 1. The Hall–Kier alpha value is -1.99. The number of carboxylic acid groups (broad SMARTS) is 1. The Morgan fingerprint density at radius 1 is 1.47 bits per heavy atom. The van der Waals surface area contributed by atoms with Crippen molar-refractivity contribution < 1.29 is 19.4 Å². The third-order valence-corrected chi connectivity index (χ3v) is 1.81. The summed E-state index contributed by atoms with van der Waals surface area (Å²) in [5.41, 5.74) is 0. The number of aryl methyl sites for hydroxylation is 1. The smallest absolute Gasteiger partial charge is 0.328 e. The van der Waals surface area contributed by atoms with Crippen LogP contribution in [0.2, 0.25) is 0 Å². The van der Waals surface area contributed by atoms with E-state index in [1.807, 2.05) is 0 Å². The minimum Gasteiger partial charge on any atom is -0.481 e. The van der Waals surface area contributed by atoms with E-state index in [4.69, 9.17) is 9.84 Å². The maximum absolute atomic E-state index is 11.4. The van der Waals surface area contributed by atoms with Gasteiger partial charge in [-0.2, -0.15) is 0 Å². The molecule has 1 rings (SSSR count). The zero-order valence-electron chi connectivity index (χ0n) is 9.66. The molecule has 0 radical (unpaired) electrons. The van der Waals surface area contributed by atoms with Crippen molar-refractivity contribution in [3.63, 3.8) is 0 Å². The molecule has 0 bridgehead atoms. The fraction of sp³-hybridized carbons (Fsp3) is 0.667. The molecule has 0 unspecified atom stereocenters. The molecule has 0 fully saturated rings. The summed E-state index contributed by atoms with van der Waals surface area (Å²) in [4.78, 5) is 21.8. The molecule has 0 atom stereocenters. The first-order valence-electron chi connectivity index (χ1n) is 5.15. The van der Waals surface area contributed by atoms with E-state index in [2.05, 4.69) is 15.5 Å². The van der Waals surface area contributed by atoms with Gasteiger partial charge in [0.25, 0.3) is 0 Å². The summed E-state index contributed by atoms with van der Waals surface area (Å²) in [7, 11) is 0. The van der Waals surface area contributed by atoms with E-state index in [1.165, 1.54) is 4.68 Å². The van der Waals surface area contributed by atoms with E-state index in [-0.39, 0.29) is 25.5 Å². The van der Waals surface area contributed by atoms with E-state index >= 15 is 0 Å². The van der Waals surface area contributed by atoms with Gasteiger partial charge in [-0.15, -0.1) is 5.10 Å². The summed E-state index contributed by atoms with van der Waals surface area (Å²) in [5.74, 6) is -1.04. The van der Waals surface area contributed by atoms with Gasteiger partial charge in [-0.25, -0.2) is 4.68 Å². The molecule has 8 heteroatoms. The van der Waals surface area contributed by atoms with Crippen molar-refractivity contribution >= 4 is 11.9 Å². The predicted octanol–water partition coefficient (Wildman–Crippen LogP) is -0.358. The maximum Gasteiger partial charge on any atom is 0.328 e. The average Bonchev–Trinajstić information content (AvgIpc) is 2.60. The third kappa shape index (κ3) is 4.58. The van der Waals surface area contributed by atoms with Gasteiger partial charge in [-0.1, -0.05) is 0 Å². The molecule has 1 heterocycles. The number of nitrogens with zero attached hydrogens (tertiary/aromatic N) is 4. The molecule has 1 aromatic rings. The van der Waals surface area contributed by atoms with Gasteiger partial charge in [0.05, 0.1) is 12.5 Å². The Balaban J connectivity index is 2.56.